The zero-order valence-electron chi connectivity index (χ0n) is 14.0. The Labute approximate surface area is 144 Å². The van der Waals surface area contributed by atoms with Gasteiger partial charge < -0.3 is 0 Å². The molecule has 2 aromatic carbocycles. The molecule has 128 valence electrons. The van der Waals surface area contributed by atoms with E-state index >= 15 is 0 Å². The topological polar surface area (TPSA) is 63.4 Å². The Hall–Kier alpha value is -1.95. The summed E-state index contributed by atoms with van der Waals surface area (Å²) in [5, 5.41) is 7.10. The number of nitrogens with zero attached hydrogens (tertiary/aromatic N) is 1. The summed E-state index contributed by atoms with van der Waals surface area (Å²) >= 11 is 0. The number of fused-ring (bicyclic) bond motifs is 1. The van der Waals surface area contributed by atoms with E-state index in [1.807, 2.05) is 49.4 Å². The van der Waals surface area contributed by atoms with Crippen molar-refractivity contribution in [2.45, 2.75) is 24.3 Å². The molecule has 4 nitrogen and oxygen atoms in total. The van der Waals surface area contributed by atoms with Crippen LogP contribution in [0.2, 0.25) is 0 Å². The largest absolute Gasteiger partial charge is 0.289 e. The average molecular weight is 344 g/mol. The number of hydrogen-bond donors (Lipinski definition) is 1. The van der Waals surface area contributed by atoms with Crippen LogP contribution in [-0.2, 0) is 10.0 Å². The van der Waals surface area contributed by atoms with Crippen LogP contribution in [0.5, 0.6) is 0 Å². The maximum atomic E-state index is 12.3. The van der Waals surface area contributed by atoms with E-state index in [4.69, 9.17) is 5.14 Å². The Morgan fingerprint density at radius 3 is 2.29 bits per heavy atom. The third kappa shape index (κ3) is 3.75. The highest BCUT2D eigenvalue weighted by atomic mass is 32.2. The molecule has 1 atom stereocenters. The molecular weight excluding hydrogens is 320 g/mol. The third-order valence-corrected chi connectivity index (χ3v) is 5.13. The normalized spacial score (nSPS) is 13.1. The van der Waals surface area contributed by atoms with Crippen LogP contribution < -0.4 is 5.14 Å². The first-order valence-electron chi connectivity index (χ1n) is 7.94. The monoisotopic (exact) mass is 344 g/mol. The molecule has 0 saturated carbocycles. The van der Waals surface area contributed by atoms with Crippen LogP contribution in [0.25, 0.3) is 10.8 Å². The van der Waals surface area contributed by atoms with Crippen molar-refractivity contribution in [1.29, 1.82) is 0 Å². The van der Waals surface area contributed by atoms with Gasteiger partial charge in [0.05, 0.1) is 4.90 Å². The van der Waals surface area contributed by atoms with E-state index in [1.54, 1.807) is 6.07 Å². The van der Waals surface area contributed by atoms with E-state index in [0.29, 0.717) is 18.5 Å². The van der Waals surface area contributed by atoms with Crippen LogP contribution in [0, 0.1) is 0 Å². The van der Waals surface area contributed by atoms with Crippen molar-refractivity contribution in [2.24, 2.45) is 5.14 Å². The van der Waals surface area contributed by atoms with Gasteiger partial charge in [-0.2, -0.15) is 0 Å². The summed E-state index contributed by atoms with van der Waals surface area (Å²) < 4.78 is 24.7. The summed E-state index contributed by atoms with van der Waals surface area (Å²) in [5.41, 5.74) is 0.724. The van der Waals surface area contributed by atoms with E-state index in [9.17, 15) is 8.42 Å². The van der Waals surface area contributed by atoms with Crippen LogP contribution >= 0.6 is 0 Å². The zero-order chi connectivity index (χ0) is 17.7. The molecule has 0 bridgehead atoms. The first kappa shape index (κ1) is 18.4. The molecule has 24 heavy (non-hydrogen) atoms. The quantitative estimate of drug-likeness (QED) is 0.744. The molecule has 0 aliphatic rings. The highest BCUT2D eigenvalue weighted by Crippen LogP contribution is 2.34. The predicted octanol–water partition coefficient (Wildman–Crippen LogP) is 3.61. The van der Waals surface area contributed by atoms with Gasteiger partial charge in [-0.25, -0.2) is 13.6 Å². The number of benzene rings is 2. The maximum Gasteiger partial charge on any atom is 0.239 e. The van der Waals surface area contributed by atoms with Gasteiger partial charge in [0.25, 0.3) is 0 Å². The van der Waals surface area contributed by atoms with Crippen LogP contribution in [0.15, 0.2) is 66.6 Å². The minimum Gasteiger partial charge on any atom is -0.289 e. The summed E-state index contributed by atoms with van der Waals surface area (Å²) in [6.45, 7) is 10.9. The van der Waals surface area contributed by atoms with E-state index in [1.165, 1.54) is 0 Å². The molecule has 1 unspecified atom stereocenters. The van der Waals surface area contributed by atoms with Crippen molar-refractivity contribution in [3.05, 3.63) is 67.3 Å². The number of nitrogens with two attached hydrogens (primary N) is 1. The lowest BCUT2D eigenvalue weighted by Gasteiger charge is -2.31. The Morgan fingerprint density at radius 1 is 1.12 bits per heavy atom. The smallest absolute Gasteiger partial charge is 0.239 e. The van der Waals surface area contributed by atoms with Crippen molar-refractivity contribution in [3.63, 3.8) is 0 Å². The highest BCUT2D eigenvalue weighted by molar-refractivity contribution is 7.89. The molecule has 0 aliphatic carbocycles. The number of sulfonamides is 1. The second-order valence-corrected chi connectivity index (χ2v) is 7.20. The van der Waals surface area contributed by atoms with Crippen molar-refractivity contribution in [3.8, 4) is 0 Å². The first-order chi connectivity index (χ1) is 11.4. The lowest BCUT2D eigenvalue weighted by molar-refractivity contribution is 0.234. The standard InChI is InChI=1S/C19H24N2O2S/c1-4-13-21(14-5-2)18(6-3)17-12-11-15-9-7-8-10-16(15)19(17)24(20,22)23/h4-5,7-12,18H,1-2,6,13-14H2,3H3,(H2,20,22,23). The summed E-state index contributed by atoms with van der Waals surface area (Å²) in [5.74, 6) is 0. The molecule has 2 N–H and O–H groups in total. The molecule has 0 radical (unpaired) electrons. The van der Waals surface area contributed by atoms with Crippen molar-refractivity contribution < 1.29 is 8.42 Å². The molecule has 0 aliphatic heterocycles. The van der Waals surface area contributed by atoms with Gasteiger partial charge in [0, 0.05) is 24.5 Å². The van der Waals surface area contributed by atoms with Crippen LogP contribution in [0.1, 0.15) is 24.9 Å². The van der Waals surface area contributed by atoms with Crippen LogP contribution in [0.3, 0.4) is 0 Å². The fraction of sp³-hybridized carbons (Fsp3) is 0.263. The van der Waals surface area contributed by atoms with Gasteiger partial charge in [-0.3, -0.25) is 4.90 Å². The van der Waals surface area contributed by atoms with E-state index in [-0.39, 0.29) is 10.9 Å². The minimum atomic E-state index is -3.86. The predicted molar refractivity (Wildman–Crippen MR) is 100 cm³/mol. The summed E-state index contributed by atoms with van der Waals surface area (Å²) in [7, 11) is -3.86. The number of hydrogen-bond acceptors (Lipinski definition) is 3. The fourth-order valence-electron chi connectivity index (χ4n) is 3.18. The number of primary sulfonamides is 1. The molecule has 0 heterocycles. The summed E-state index contributed by atoms with van der Waals surface area (Å²) in [6.07, 6.45) is 4.37. The third-order valence-electron chi connectivity index (χ3n) is 4.11. The molecule has 0 saturated heterocycles. The second-order valence-electron chi connectivity index (χ2n) is 5.71. The van der Waals surface area contributed by atoms with Crippen LogP contribution in [0.4, 0.5) is 0 Å². The molecule has 2 rings (SSSR count). The van der Waals surface area contributed by atoms with E-state index in [2.05, 4.69) is 18.1 Å². The molecule has 0 fully saturated rings. The molecule has 0 spiro atoms. The van der Waals surface area contributed by atoms with Crippen LogP contribution in [-0.4, -0.2) is 26.4 Å². The Morgan fingerprint density at radius 2 is 1.75 bits per heavy atom. The fourth-order valence-corrected chi connectivity index (χ4v) is 4.20. The van der Waals surface area contributed by atoms with Gasteiger partial charge in [0.1, 0.15) is 0 Å². The molecule has 2 aromatic rings. The maximum absolute atomic E-state index is 12.3. The minimum absolute atomic E-state index is 0.0843. The first-order valence-corrected chi connectivity index (χ1v) is 9.49. The molecular formula is C19H24N2O2S. The van der Waals surface area contributed by atoms with Crippen molar-refractivity contribution in [1.82, 2.24) is 4.90 Å². The second kappa shape index (κ2) is 7.75. The van der Waals surface area contributed by atoms with Gasteiger partial charge >= 0.3 is 0 Å². The van der Waals surface area contributed by atoms with Crippen molar-refractivity contribution >= 4 is 20.8 Å². The van der Waals surface area contributed by atoms with Gasteiger partial charge in [-0.1, -0.05) is 55.5 Å². The lowest BCUT2D eigenvalue weighted by Crippen LogP contribution is -2.30. The molecule has 5 heteroatoms. The van der Waals surface area contributed by atoms with Gasteiger partial charge in [0.2, 0.25) is 10.0 Å². The molecule has 0 aromatic heterocycles. The van der Waals surface area contributed by atoms with Gasteiger partial charge in [-0.05, 0) is 17.4 Å². The SMILES string of the molecule is C=CCN(CC=C)C(CC)c1ccc2ccccc2c1S(N)(=O)=O. The Kier molecular flexibility index (Phi) is 5.94. The van der Waals surface area contributed by atoms with Gasteiger partial charge in [0.15, 0.2) is 0 Å². The van der Waals surface area contributed by atoms with E-state index in [0.717, 1.165) is 17.4 Å². The Balaban J connectivity index is 2.73. The number of rotatable bonds is 8. The lowest BCUT2D eigenvalue weighted by atomic mass is 9.98. The molecule has 0 amide bonds. The van der Waals surface area contributed by atoms with E-state index < -0.39 is 10.0 Å². The Bertz CT molecular complexity index is 834. The summed E-state index contributed by atoms with van der Waals surface area (Å²) in [6, 6.07) is 11.1. The van der Waals surface area contributed by atoms with Gasteiger partial charge in [-0.15, -0.1) is 13.2 Å². The summed E-state index contributed by atoms with van der Waals surface area (Å²) in [4.78, 5) is 2.35. The van der Waals surface area contributed by atoms with Crippen molar-refractivity contribution in [2.75, 3.05) is 13.1 Å². The highest BCUT2D eigenvalue weighted by Gasteiger charge is 2.26. The average Bonchev–Trinajstić information content (AvgIpc) is 2.54. The zero-order valence-corrected chi connectivity index (χ0v) is 14.8.